The van der Waals surface area contributed by atoms with Crippen LogP contribution in [0, 0.1) is 0 Å². The van der Waals surface area contributed by atoms with E-state index in [1.165, 1.54) is 16.0 Å². The van der Waals surface area contributed by atoms with E-state index < -0.39 is 12.2 Å². The van der Waals surface area contributed by atoms with E-state index in [4.69, 9.17) is 14.2 Å². The number of nitrogens with one attached hydrogen (secondary N) is 3. The van der Waals surface area contributed by atoms with E-state index in [1.807, 2.05) is 6.07 Å². The first-order valence-corrected chi connectivity index (χ1v) is 10.6. The van der Waals surface area contributed by atoms with Crippen LogP contribution in [0.5, 0.6) is 11.8 Å². The number of hydrogen-bond donors (Lipinski definition) is 3. The van der Waals surface area contributed by atoms with Gasteiger partial charge in [-0.05, 0) is 6.07 Å². The van der Waals surface area contributed by atoms with Gasteiger partial charge in [-0.1, -0.05) is 0 Å². The number of aromatic nitrogens is 3. The van der Waals surface area contributed by atoms with Gasteiger partial charge in [-0.3, -0.25) is 19.4 Å². The molecule has 2 aromatic heterocycles. The van der Waals surface area contributed by atoms with E-state index in [9.17, 15) is 14.4 Å². The molecule has 0 radical (unpaired) electrons. The topological polar surface area (TPSA) is 160 Å². The van der Waals surface area contributed by atoms with Crippen LogP contribution in [0.25, 0.3) is 0 Å². The Morgan fingerprint density at radius 2 is 2.15 bits per heavy atom. The summed E-state index contributed by atoms with van der Waals surface area (Å²) in [7, 11) is 1.67. The second kappa shape index (κ2) is 8.97. The molecular weight excluding hydrogens is 448 g/mol. The summed E-state index contributed by atoms with van der Waals surface area (Å²) in [4.78, 5) is 51.1. The molecule has 34 heavy (non-hydrogen) atoms. The SMILES string of the molecule is CN1C(=O)CNc2ccc(OCCNC[C@@H]3CN(c4cnc5c(n4)NC(=O)CO5)C(=O)O3)nc21. The Kier molecular flexibility index (Phi) is 5.71. The lowest BCUT2D eigenvalue weighted by Crippen LogP contribution is -2.37. The van der Waals surface area contributed by atoms with Gasteiger partial charge in [0, 0.05) is 26.2 Å². The Labute approximate surface area is 193 Å². The molecule has 3 amide bonds. The normalized spacial score (nSPS) is 19.0. The smallest absolute Gasteiger partial charge is 0.416 e. The van der Waals surface area contributed by atoms with Crippen LogP contribution in [0.2, 0.25) is 0 Å². The minimum Gasteiger partial charge on any atom is -0.476 e. The number of likely N-dealkylation sites (N-methyl/N-ethyl adjacent to an activating group) is 1. The minimum absolute atomic E-state index is 0.0709. The van der Waals surface area contributed by atoms with Crippen LogP contribution in [0.1, 0.15) is 0 Å². The van der Waals surface area contributed by atoms with Crippen molar-refractivity contribution >= 4 is 41.0 Å². The van der Waals surface area contributed by atoms with Gasteiger partial charge >= 0.3 is 6.09 Å². The number of ether oxygens (including phenoxy) is 3. The number of carbonyl (C=O) groups excluding carboxylic acids is 3. The molecule has 0 aliphatic carbocycles. The quantitative estimate of drug-likeness (QED) is 0.451. The molecule has 14 nitrogen and oxygen atoms in total. The van der Waals surface area contributed by atoms with E-state index in [0.717, 1.165) is 5.69 Å². The maximum absolute atomic E-state index is 12.3. The summed E-state index contributed by atoms with van der Waals surface area (Å²) in [5, 5.41) is 8.75. The molecule has 178 valence electrons. The predicted octanol–water partition coefficient (Wildman–Crippen LogP) is -0.415. The molecule has 3 aliphatic heterocycles. The molecule has 0 spiro atoms. The fourth-order valence-corrected chi connectivity index (χ4v) is 3.61. The highest BCUT2D eigenvalue weighted by Gasteiger charge is 2.34. The largest absolute Gasteiger partial charge is 0.476 e. The van der Waals surface area contributed by atoms with E-state index in [0.29, 0.717) is 31.4 Å². The van der Waals surface area contributed by atoms with Gasteiger partial charge in [-0.2, -0.15) is 4.98 Å². The van der Waals surface area contributed by atoms with Crippen LogP contribution in [-0.4, -0.2) is 85.4 Å². The zero-order chi connectivity index (χ0) is 23.7. The lowest BCUT2D eigenvalue weighted by molar-refractivity contribution is -0.119. The van der Waals surface area contributed by atoms with Gasteiger partial charge < -0.3 is 30.2 Å². The third kappa shape index (κ3) is 4.34. The Bertz CT molecular complexity index is 1140. The van der Waals surface area contributed by atoms with Crippen LogP contribution in [0.4, 0.5) is 27.9 Å². The van der Waals surface area contributed by atoms with Crippen LogP contribution in [0.3, 0.4) is 0 Å². The van der Waals surface area contributed by atoms with Crippen molar-refractivity contribution in [3.8, 4) is 11.8 Å². The van der Waals surface area contributed by atoms with Crippen LogP contribution < -0.4 is 35.2 Å². The van der Waals surface area contributed by atoms with Crippen molar-refractivity contribution in [2.45, 2.75) is 6.10 Å². The van der Waals surface area contributed by atoms with Gasteiger partial charge in [-0.25, -0.2) is 14.8 Å². The molecule has 3 aliphatic rings. The molecule has 2 aromatic rings. The first kappa shape index (κ1) is 21.6. The molecule has 1 atom stereocenters. The molecule has 0 aromatic carbocycles. The molecule has 14 heteroatoms. The Morgan fingerprint density at radius 1 is 1.26 bits per heavy atom. The molecule has 5 heterocycles. The highest BCUT2D eigenvalue weighted by Crippen LogP contribution is 2.29. The Morgan fingerprint density at radius 3 is 3.03 bits per heavy atom. The highest BCUT2D eigenvalue weighted by atomic mass is 16.6. The summed E-state index contributed by atoms with van der Waals surface area (Å²) in [5.74, 6) is 1.16. The van der Waals surface area contributed by atoms with Crippen molar-refractivity contribution in [2.75, 3.05) is 66.9 Å². The fourth-order valence-electron chi connectivity index (χ4n) is 3.61. The average Bonchev–Trinajstić information content (AvgIpc) is 3.21. The number of rotatable bonds is 7. The van der Waals surface area contributed by atoms with Crippen LogP contribution in [-0.2, 0) is 14.3 Å². The summed E-state index contributed by atoms with van der Waals surface area (Å²) in [6.07, 6.45) is 0.447. The Balaban J connectivity index is 1.09. The summed E-state index contributed by atoms with van der Waals surface area (Å²) in [6, 6.07) is 3.56. The maximum atomic E-state index is 12.3. The van der Waals surface area contributed by atoms with E-state index in [2.05, 4.69) is 30.9 Å². The number of hydrogen-bond acceptors (Lipinski definition) is 11. The zero-order valence-corrected chi connectivity index (χ0v) is 18.2. The number of pyridine rings is 1. The first-order valence-electron chi connectivity index (χ1n) is 10.6. The van der Waals surface area contributed by atoms with Gasteiger partial charge in [0.2, 0.25) is 11.8 Å². The first-order chi connectivity index (χ1) is 16.5. The summed E-state index contributed by atoms with van der Waals surface area (Å²) >= 11 is 0. The number of cyclic esters (lactones) is 1. The zero-order valence-electron chi connectivity index (χ0n) is 18.2. The predicted molar refractivity (Wildman–Crippen MR) is 118 cm³/mol. The van der Waals surface area contributed by atoms with Gasteiger partial charge in [0.05, 0.1) is 25.0 Å². The van der Waals surface area contributed by atoms with Crippen molar-refractivity contribution in [1.29, 1.82) is 0 Å². The van der Waals surface area contributed by atoms with Crippen molar-refractivity contribution in [2.24, 2.45) is 0 Å². The third-order valence-electron chi connectivity index (χ3n) is 5.35. The molecule has 0 unspecified atom stereocenters. The van der Waals surface area contributed by atoms with Crippen LogP contribution >= 0.6 is 0 Å². The van der Waals surface area contributed by atoms with E-state index >= 15 is 0 Å². The van der Waals surface area contributed by atoms with Crippen molar-refractivity contribution in [3.63, 3.8) is 0 Å². The summed E-state index contributed by atoms with van der Waals surface area (Å²) in [5.41, 5.74) is 0.777. The second-order valence-corrected chi connectivity index (χ2v) is 7.71. The number of amides is 3. The molecule has 0 saturated carbocycles. The fraction of sp³-hybridized carbons (Fsp3) is 0.400. The lowest BCUT2D eigenvalue weighted by atomic mass is 10.3. The lowest BCUT2D eigenvalue weighted by Gasteiger charge is -2.25. The standard InChI is InChI=1S/C20H22N8O6/c1-27-16(30)8-22-12-2-3-15(26-18(12)27)32-5-4-21-6-11-9-28(20(31)34-11)13-7-23-19-17(24-13)25-14(29)10-33-19/h2-3,7,11,21-22H,4-6,8-10H2,1H3,(H,24,25,29)/t11-/m1/s1. The van der Waals surface area contributed by atoms with Gasteiger partial charge in [0.15, 0.2) is 24.1 Å². The number of anilines is 4. The second-order valence-electron chi connectivity index (χ2n) is 7.71. The Hall–Kier alpha value is -4.20. The van der Waals surface area contributed by atoms with Gasteiger partial charge in [0.1, 0.15) is 12.7 Å². The summed E-state index contributed by atoms with van der Waals surface area (Å²) in [6.45, 7) is 1.61. The maximum Gasteiger partial charge on any atom is 0.416 e. The van der Waals surface area contributed by atoms with E-state index in [1.54, 1.807) is 13.1 Å². The minimum atomic E-state index is -0.550. The molecule has 3 N–H and O–H groups in total. The molecular formula is C20H22N8O6. The number of fused-ring (bicyclic) bond motifs is 2. The summed E-state index contributed by atoms with van der Waals surface area (Å²) < 4.78 is 16.2. The molecule has 1 fully saturated rings. The highest BCUT2D eigenvalue weighted by molar-refractivity contribution is 6.01. The van der Waals surface area contributed by atoms with Gasteiger partial charge in [0.25, 0.3) is 11.8 Å². The monoisotopic (exact) mass is 470 g/mol. The number of carbonyl (C=O) groups is 3. The average molecular weight is 470 g/mol. The molecule has 1 saturated heterocycles. The van der Waals surface area contributed by atoms with Crippen molar-refractivity contribution in [1.82, 2.24) is 20.3 Å². The number of nitrogens with zero attached hydrogens (tertiary/aromatic N) is 5. The third-order valence-corrected chi connectivity index (χ3v) is 5.35. The van der Waals surface area contributed by atoms with Crippen molar-refractivity contribution < 1.29 is 28.6 Å². The van der Waals surface area contributed by atoms with Gasteiger partial charge in [-0.15, -0.1) is 0 Å². The van der Waals surface area contributed by atoms with Crippen molar-refractivity contribution in [3.05, 3.63) is 18.3 Å². The van der Waals surface area contributed by atoms with E-state index in [-0.39, 0.29) is 49.0 Å². The molecule has 0 bridgehead atoms. The van der Waals surface area contributed by atoms with Crippen LogP contribution in [0.15, 0.2) is 18.3 Å². The molecule has 5 rings (SSSR count).